The molecule has 3 nitrogen and oxygen atoms in total. The largest absolute Gasteiger partial charge is 0.339 e. The van der Waals surface area contributed by atoms with Crippen molar-refractivity contribution < 1.29 is 4.79 Å². The minimum atomic E-state index is 0.388. The SMILES string of the molecule is NC1CCC(CC(=O)N2CCC[C@H]3CCCC[C@H]32)CC1. The number of hydrogen-bond acceptors (Lipinski definition) is 2. The van der Waals surface area contributed by atoms with Gasteiger partial charge < -0.3 is 10.6 Å². The van der Waals surface area contributed by atoms with Gasteiger partial charge in [0.05, 0.1) is 0 Å². The van der Waals surface area contributed by atoms with E-state index < -0.39 is 0 Å². The Labute approximate surface area is 123 Å². The van der Waals surface area contributed by atoms with Gasteiger partial charge in [-0.1, -0.05) is 12.8 Å². The van der Waals surface area contributed by atoms with Crippen LogP contribution in [0.5, 0.6) is 0 Å². The molecule has 1 amide bonds. The van der Waals surface area contributed by atoms with Crippen molar-refractivity contribution in [1.82, 2.24) is 4.90 Å². The van der Waals surface area contributed by atoms with E-state index >= 15 is 0 Å². The Hall–Kier alpha value is -0.570. The second-order valence-corrected chi connectivity index (χ2v) is 7.33. The van der Waals surface area contributed by atoms with E-state index in [1.807, 2.05) is 0 Å². The summed E-state index contributed by atoms with van der Waals surface area (Å²) in [5.74, 6) is 1.86. The first-order valence-corrected chi connectivity index (χ1v) is 8.79. The molecule has 0 radical (unpaired) electrons. The van der Waals surface area contributed by atoms with Crippen LogP contribution in [0.2, 0.25) is 0 Å². The molecule has 0 aromatic heterocycles. The highest BCUT2D eigenvalue weighted by Gasteiger charge is 2.36. The first-order chi connectivity index (χ1) is 9.74. The Morgan fingerprint density at radius 2 is 1.65 bits per heavy atom. The van der Waals surface area contributed by atoms with Crippen LogP contribution in [0.1, 0.15) is 70.6 Å². The minimum Gasteiger partial charge on any atom is -0.339 e. The average molecular weight is 278 g/mol. The van der Waals surface area contributed by atoms with E-state index in [-0.39, 0.29) is 0 Å². The van der Waals surface area contributed by atoms with Crippen LogP contribution in [-0.2, 0) is 4.79 Å². The average Bonchev–Trinajstić information content (AvgIpc) is 2.49. The molecule has 0 spiro atoms. The number of rotatable bonds is 2. The summed E-state index contributed by atoms with van der Waals surface area (Å²) in [4.78, 5) is 15.0. The molecule has 0 unspecified atom stereocenters. The lowest BCUT2D eigenvalue weighted by Crippen LogP contribution is -2.50. The molecule has 114 valence electrons. The molecule has 3 aliphatic rings. The van der Waals surface area contributed by atoms with Crippen LogP contribution in [-0.4, -0.2) is 29.4 Å². The summed E-state index contributed by atoms with van der Waals surface area (Å²) >= 11 is 0. The van der Waals surface area contributed by atoms with Crippen LogP contribution in [0.15, 0.2) is 0 Å². The van der Waals surface area contributed by atoms with Gasteiger partial charge in [-0.25, -0.2) is 0 Å². The topological polar surface area (TPSA) is 46.3 Å². The van der Waals surface area contributed by atoms with Crippen molar-refractivity contribution in [2.45, 2.75) is 82.7 Å². The second kappa shape index (κ2) is 6.46. The zero-order valence-electron chi connectivity index (χ0n) is 12.7. The van der Waals surface area contributed by atoms with Gasteiger partial charge in [-0.05, 0) is 63.2 Å². The van der Waals surface area contributed by atoms with Gasteiger partial charge in [0.2, 0.25) is 5.91 Å². The maximum absolute atomic E-state index is 12.7. The lowest BCUT2D eigenvalue weighted by molar-refractivity contribution is -0.138. The molecule has 0 aromatic rings. The van der Waals surface area contributed by atoms with E-state index in [0.717, 1.165) is 44.6 Å². The van der Waals surface area contributed by atoms with Gasteiger partial charge in [-0.2, -0.15) is 0 Å². The van der Waals surface area contributed by atoms with E-state index in [4.69, 9.17) is 5.73 Å². The van der Waals surface area contributed by atoms with Crippen LogP contribution in [0, 0.1) is 11.8 Å². The highest BCUT2D eigenvalue weighted by Crippen LogP contribution is 2.36. The minimum absolute atomic E-state index is 0.388. The lowest BCUT2D eigenvalue weighted by atomic mass is 9.77. The summed E-state index contributed by atoms with van der Waals surface area (Å²) in [6, 6.07) is 0.968. The Bertz CT molecular complexity index is 334. The number of carbonyl (C=O) groups excluding carboxylic acids is 1. The molecule has 3 fully saturated rings. The van der Waals surface area contributed by atoms with Crippen LogP contribution in [0.25, 0.3) is 0 Å². The van der Waals surface area contributed by atoms with Crippen LogP contribution < -0.4 is 5.73 Å². The third kappa shape index (κ3) is 3.19. The molecule has 3 heteroatoms. The maximum atomic E-state index is 12.7. The number of likely N-dealkylation sites (tertiary alicyclic amines) is 1. The summed E-state index contributed by atoms with van der Waals surface area (Å²) in [6.45, 7) is 1.02. The van der Waals surface area contributed by atoms with E-state index in [2.05, 4.69) is 4.90 Å². The lowest BCUT2D eigenvalue weighted by Gasteiger charge is -2.44. The summed E-state index contributed by atoms with van der Waals surface area (Å²) in [6.07, 6.45) is 13.2. The van der Waals surface area contributed by atoms with E-state index in [1.54, 1.807) is 0 Å². The maximum Gasteiger partial charge on any atom is 0.223 e. The number of nitrogens with zero attached hydrogens (tertiary/aromatic N) is 1. The number of carbonyl (C=O) groups is 1. The third-order valence-corrected chi connectivity index (χ3v) is 5.92. The molecule has 0 aromatic carbocycles. The molecular formula is C17H30N2O. The number of hydrogen-bond donors (Lipinski definition) is 1. The standard InChI is InChI=1S/C17H30N2O/c18-15-9-7-13(8-10-15)12-17(20)19-11-3-5-14-4-1-2-6-16(14)19/h13-16H,1-12,18H2/t13?,14-,15?,16-/m1/s1. The fraction of sp³-hybridized carbons (Fsp3) is 0.941. The van der Waals surface area contributed by atoms with Crippen LogP contribution in [0.4, 0.5) is 0 Å². The smallest absolute Gasteiger partial charge is 0.223 e. The highest BCUT2D eigenvalue weighted by atomic mass is 16.2. The monoisotopic (exact) mass is 278 g/mol. The zero-order chi connectivity index (χ0) is 13.9. The summed E-state index contributed by atoms with van der Waals surface area (Å²) < 4.78 is 0. The molecule has 2 aliphatic carbocycles. The molecule has 1 aliphatic heterocycles. The van der Waals surface area contributed by atoms with Crippen molar-refractivity contribution in [3.8, 4) is 0 Å². The second-order valence-electron chi connectivity index (χ2n) is 7.33. The molecule has 2 N–H and O–H groups in total. The normalized spacial score (nSPS) is 38.4. The number of nitrogens with two attached hydrogens (primary N) is 1. The molecule has 20 heavy (non-hydrogen) atoms. The zero-order valence-corrected chi connectivity index (χ0v) is 12.7. The number of amides is 1. The van der Waals surface area contributed by atoms with Crippen molar-refractivity contribution in [3.63, 3.8) is 0 Å². The molecule has 1 heterocycles. The van der Waals surface area contributed by atoms with Gasteiger partial charge in [0.25, 0.3) is 0 Å². The predicted octanol–water partition coefficient (Wildman–Crippen LogP) is 3.08. The number of piperidine rings is 1. The van der Waals surface area contributed by atoms with Crippen molar-refractivity contribution in [2.75, 3.05) is 6.54 Å². The Balaban J connectivity index is 1.55. The van der Waals surface area contributed by atoms with Gasteiger partial charge in [-0.15, -0.1) is 0 Å². The van der Waals surface area contributed by atoms with E-state index in [0.29, 0.717) is 23.9 Å². The summed E-state index contributed by atoms with van der Waals surface area (Å²) in [5, 5.41) is 0. The van der Waals surface area contributed by atoms with Gasteiger partial charge in [0.1, 0.15) is 0 Å². The fourth-order valence-corrected chi connectivity index (χ4v) is 4.69. The Kier molecular flexibility index (Phi) is 4.65. The molecule has 0 bridgehead atoms. The molecule has 3 rings (SSSR count). The quantitative estimate of drug-likeness (QED) is 0.843. The Morgan fingerprint density at radius 3 is 2.45 bits per heavy atom. The summed E-state index contributed by atoms with van der Waals surface area (Å²) in [5.41, 5.74) is 5.96. The van der Waals surface area contributed by atoms with Crippen molar-refractivity contribution in [2.24, 2.45) is 17.6 Å². The first kappa shape index (κ1) is 14.4. The van der Waals surface area contributed by atoms with Gasteiger partial charge in [-0.3, -0.25) is 4.79 Å². The molecule has 2 atom stereocenters. The number of fused-ring (bicyclic) bond motifs is 1. The molecule has 1 saturated heterocycles. The first-order valence-electron chi connectivity index (χ1n) is 8.79. The van der Waals surface area contributed by atoms with Crippen molar-refractivity contribution >= 4 is 5.91 Å². The van der Waals surface area contributed by atoms with Gasteiger partial charge in [0, 0.05) is 25.0 Å². The van der Waals surface area contributed by atoms with Crippen LogP contribution in [0.3, 0.4) is 0 Å². The van der Waals surface area contributed by atoms with Crippen molar-refractivity contribution in [1.29, 1.82) is 0 Å². The van der Waals surface area contributed by atoms with Gasteiger partial charge >= 0.3 is 0 Å². The third-order valence-electron chi connectivity index (χ3n) is 5.92. The summed E-state index contributed by atoms with van der Waals surface area (Å²) in [7, 11) is 0. The van der Waals surface area contributed by atoms with Gasteiger partial charge in [0.15, 0.2) is 0 Å². The highest BCUT2D eigenvalue weighted by molar-refractivity contribution is 5.77. The van der Waals surface area contributed by atoms with E-state index in [9.17, 15) is 4.79 Å². The molecular weight excluding hydrogens is 248 g/mol. The molecule has 2 saturated carbocycles. The van der Waals surface area contributed by atoms with Crippen LogP contribution >= 0.6 is 0 Å². The fourth-order valence-electron chi connectivity index (χ4n) is 4.69. The van der Waals surface area contributed by atoms with E-state index in [1.165, 1.54) is 38.5 Å². The predicted molar refractivity (Wildman–Crippen MR) is 81.2 cm³/mol. The van der Waals surface area contributed by atoms with Crippen molar-refractivity contribution in [3.05, 3.63) is 0 Å². The Morgan fingerprint density at radius 1 is 0.950 bits per heavy atom.